The van der Waals surface area contributed by atoms with Gasteiger partial charge in [-0.05, 0) is 12.1 Å². The molecule has 1 heterocycles. The van der Waals surface area contributed by atoms with Gasteiger partial charge in [0.05, 0.1) is 11.8 Å². The maximum absolute atomic E-state index is 13.4. The minimum atomic E-state index is -0.693. The molecule has 0 amide bonds. The van der Waals surface area contributed by atoms with Crippen LogP contribution in [0.1, 0.15) is 5.56 Å². The molecule has 0 unspecified atom stereocenters. The smallest absolute Gasteiger partial charge is 0.174 e. The number of rotatable bonds is 2. The quantitative estimate of drug-likeness (QED) is 0.825. The van der Waals surface area contributed by atoms with E-state index < -0.39 is 11.6 Å². The van der Waals surface area contributed by atoms with E-state index in [1.807, 2.05) is 0 Å². The summed E-state index contributed by atoms with van der Waals surface area (Å²) >= 11 is 0. The van der Waals surface area contributed by atoms with Crippen LogP contribution in [-0.4, -0.2) is 5.16 Å². The van der Waals surface area contributed by atoms with Crippen LogP contribution in [0.15, 0.2) is 28.9 Å². The van der Waals surface area contributed by atoms with E-state index in [9.17, 15) is 8.78 Å². The molecule has 0 atom stereocenters. The molecule has 15 heavy (non-hydrogen) atoms. The first kappa shape index (κ1) is 9.79. The normalized spacial score (nSPS) is 10.6. The number of benzene rings is 1. The molecule has 0 aliphatic rings. The molecule has 0 bridgehead atoms. The molecule has 0 aliphatic heterocycles. The highest BCUT2D eigenvalue weighted by Crippen LogP contribution is 2.26. The predicted octanol–water partition coefficient (Wildman–Crippen LogP) is 2.08. The van der Waals surface area contributed by atoms with Gasteiger partial charge in [-0.3, -0.25) is 0 Å². The van der Waals surface area contributed by atoms with Gasteiger partial charge < -0.3 is 10.3 Å². The van der Waals surface area contributed by atoms with E-state index in [1.54, 1.807) is 0 Å². The summed E-state index contributed by atoms with van der Waals surface area (Å²) in [4.78, 5) is 0. The lowest BCUT2D eigenvalue weighted by atomic mass is 10.1. The molecule has 0 fully saturated rings. The molecule has 0 saturated heterocycles. The minimum absolute atomic E-state index is 0.161. The Hall–Kier alpha value is -1.75. The van der Waals surface area contributed by atoms with E-state index in [1.165, 1.54) is 12.3 Å². The van der Waals surface area contributed by atoms with E-state index in [2.05, 4.69) is 5.16 Å². The van der Waals surface area contributed by atoms with Gasteiger partial charge in [0.25, 0.3) is 0 Å². The SMILES string of the molecule is NCc1cnoc1-c1ccc(F)cc1F. The second-order valence-corrected chi connectivity index (χ2v) is 3.01. The first-order valence-electron chi connectivity index (χ1n) is 4.31. The zero-order valence-corrected chi connectivity index (χ0v) is 7.71. The summed E-state index contributed by atoms with van der Waals surface area (Å²) in [5, 5.41) is 3.52. The number of hydrogen-bond donors (Lipinski definition) is 1. The first-order valence-corrected chi connectivity index (χ1v) is 4.31. The summed E-state index contributed by atoms with van der Waals surface area (Å²) in [6, 6.07) is 3.24. The Morgan fingerprint density at radius 2 is 2.13 bits per heavy atom. The fourth-order valence-electron chi connectivity index (χ4n) is 1.30. The van der Waals surface area contributed by atoms with Crippen LogP contribution in [0.4, 0.5) is 8.78 Å². The summed E-state index contributed by atoms with van der Waals surface area (Å²) in [5.41, 5.74) is 6.16. The molecule has 2 aromatic rings. The fourth-order valence-corrected chi connectivity index (χ4v) is 1.30. The van der Waals surface area contributed by atoms with Gasteiger partial charge in [-0.15, -0.1) is 0 Å². The van der Waals surface area contributed by atoms with Crippen molar-refractivity contribution in [2.75, 3.05) is 0 Å². The van der Waals surface area contributed by atoms with Gasteiger partial charge in [0.15, 0.2) is 5.76 Å². The highest BCUT2D eigenvalue weighted by molar-refractivity contribution is 5.61. The molecule has 2 rings (SSSR count). The van der Waals surface area contributed by atoms with Crippen LogP contribution >= 0.6 is 0 Å². The van der Waals surface area contributed by atoms with Crippen molar-refractivity contribution in [3.63, 3.8) is 0 Å². The number of halogens is 2. The molecule has 0 radical (unpaired) electrons. The lowest BCUT2D eigenvalue weighted by Gasteiger charge is -2.00. The minimum Gasteiger partial charge on any atom is -0.356 e. The highest BCUT2D eigenvalue weighted by atomic mass is 19.1. The molecule has 0 spiro atoms. The van der Waals surface area contributed by atoms with Gasteiger partial charge in [0.1, 0.15) is 11.6 Å². The first-order chi connectivity index (χ1) is 7.22. The average molecular weight is 210 g/mol. The Balaban J connectivity index is 2.54. The van der Waals surface area contributed by atoms with Crippen LogP contribution in [-0.2, 0) is 6.54 Å². The molecule has 5 heteroatoms. The van der Waals surface area contributed by atoms with E-state index >= 15 is 0 Å². The van der Waals surface area contributed by atoms with E-state index in [0.29, 0.717) is 5.56 Å². The third kappa shape index (κ3) is 1.73. The monoisotopic (exact) mass is 210 g/mol. The molecular weight excluding hydrogens is 202 g/mol. The third-order valence-electron chi connectivity index (χ3n) is 2.04. The summed E-state index contributed by atoms with van der Waals surface area (Å²) in [6.07, 6.45) is 1.41. The topological polar surface area (TPSA) is 52.0 Å². The van der Waals surface area contributed by atoms with Crippen molar-refractivity contribution in [1.82, 2.24) is 5.16 Å². The second kappa shape index (κ2) is 3.78. The van der Waals surface area contributed by atoms with Crippen molar-refractivity contribution in [2.45, 2.75) is 6.54 Å². The van der Waals surface area contributed by atoms with Crippen LogP contribution < -0.4 is 5.73 Å². The Morgan fingerprint density at radius 1 is 1.33 bits per heavy atom. The van der Waals surface area contributed by atoms with Crippen molar-refractivity contribution in [2.24, 2.45) is 5.73 Å². The Labute approximate surface area is 84.5 Å². The average Bonchev–Trinajstić information content (AvgIpc) is 2.65. The van der Waals surface area contributed by atoms with Crippen LogP contribution in [0.5, 0.6) is 0 Å². The molecular formula is C10H8F2N2O. The summed E-state index contributed by atoms with van der Waals surface area (Å²) in [7, 11) is 0. The molecule has 78 valence electrons. The highest BCUT2D eigenvalue weighted by Gasteiger charge is 2.14. The molecule has 0 aliphatic carbocycles. The van der Waals surface area contributed by atoms with Crippen LogP contribution in [0.25, 0.3) is 11.3 Å². The van der Waals surface area contributed by atoms with Gasteiger partial charge in [0.2, 0.25) is 0 Å². The Morgan fingerprint density at radius 3 is 2.80 bits per heavy atom. The van der Waals surface area contributed by atoms with Gasteiger partial charge >= 0.3 is 0 Å². The van der Waals surface area contributed by atoms with Crippen LogP contribution in [0.3, 0.4) is 0 Å². The van der Waals surface area contributed by atoms with Crippen LogP contribution in [0.2, 0.25) is 0 Å². The number of nitrogens with two attached hydrogens (primary N) is 1. The van der Waals surface area contributed by atoms with Gasteiger partial charge in [-0.1, -0.05) is 5.16 Å². The van der Waals surface area contributed by atoms with Crippen LogP contribution in [0, 0.1) is 11.6 Å². The van der Waals surface area contributed by atoms with Gasteiger partial charge in [-0.2, -0.15) is 0 Å². The maximum Gasteiger partial charge on any atom is 0.174 e. The van der Waals surface area contributed by atoms with Crippen molar-refractivity contribution in [3.05, 3.63) is 41.6 Å². The number of nitrogens with zero attached hydrogens (tertiary/aromatic N) is 1. The molecule has 3 nitrogen and oxygen atoms in total. The third-order valence-corrected chi connectivity index (χ3v) is 2.04. The second-order valence-electron chi connectivity index (χ2n) is 3.01. The predicted molar refractivity (Wildman–Crippen MR) is 49.7 cm³/mol. The fraction of sp³-hybridized carbons (Fsp3) is 0.100. The Bertz CT molecular complexity index is 482. The van der Waals surface area contributed by atoms with Crippen molar-refractivity contribution >= 4 is 0 Å². The number of hydrogen-bond acceptors (Lipinski definition) is 3. The summed E-state index contributed by atoms with van der Waals surface area (Å²) in [5.74, 6) is -1.08. The molecule has 1 aromatic carbocycles. The van der Waals surface area contributed by atoms with Crippen molar-refractivity contribution < 1.29 is 13.3 Å². The molecule has 2 N–H and O–H groups in total. The van der Waals surface area contributed by atoms with Crippen molar-refractivity contribution in [1.29, 1.82) is 0 Å². The number of aromatic nitrogens is 1. The maximum atomic E-state index is 13.4. The van der Waals surface area contributed by atoms with Gasteiger partial charge in [0, 0.05) is 18.2 Å². The summed E-state index contributed by atoms with van der Waals surface area (Å²) in [6.45, 7) is 0.190. The van der Waals surface area contributed by atoms with E-state index in [0.717, 1.165) is 12.1 Å². The van der Waals surface area contributed by atoms with E-state index in [-0.39, 0.29) is 17.9 Å². The van der Waals surface area contributed by atoms with Gasteiger partial charge in [-0.25, -0.2) is 8.78 Å². The standard InChI is InChI=1S/C10H8F2N2O/c11-7-1-2-8(9(12)3-7)10-6(4-13)5-14-15-10/h1-3,5H,4,13H2. The van der Waals surface area contributed by atoms with Crippen molar-refractivity contribution in [3.8, 4) is 11.3 Å². The van der Waals surface area contributed by atoms with E-state index in [4.69, 9.17) is 10.3 Å². The zero-order valence-electron chi connectivity index (χ0n) is 7.71. The zero-order chi connectivity index (χ0) is 10.8. The Kier molecular flexibility index (Phi) is 2.47. The summed E-state index contributed by atoms with van der Waals surface area (Å²) < 4.78 is 30.9. The lowest BCUT2D eigenvalue weighted by molar-refractivity contribution is 0.429. The lowest BCUT2D eigenvalue weighted by Crippen LogP contribution is -1.97. The molecule has 1 aromatic heterocycles. The molecule has 0 saturated carbocycles. The largest absolute Gasteiger partial charge is 0.356 e.